The Balaban J connectivity index is 0.000000360. The maximum Gasteiger partial charge on any atom is 0.278 e. The van der Waals surface area contributed by atoms with Gasteiger partial charge in [0.2, 0.25) is 5.95 Å². The molecule has 0 saturated carbocycles. The van der Waals surface area contributed by atoms with Gasteiger partial charge in [-0.05, 0) is 76.2 Å². The van der Waals surface area contributed by atoms with E-state index in [1.165, 1.54) is 38.5 Å². The fourth-order valence-corrected chi connectivity index (χ4v) is 3.88. The lowest BCUT2D eigenvalue weighted by Crippen LogP contribution is -2.21. The van der Waals surface area contributed by atoms with Crippen molar-refractivity contribution in [1.29, 1.82) is 0 Å². The molecule has 0 amide bonds. The summed E-state index contributed by atoms with van der Waals surface area (Å²) in [6, 6.07) is 12.8. The van der Waals surface area contributed by atoms with Crippen LogP contribution in [-0.2, 0) is 6.54 Å². The molecule has 0 radical (unpaired) electrons. The summed E-state index contributed by atoms with van der Waals surface area (Å²) in [5.74, 6) is 3.92. The lowest BCUT2D eigenvalue weighted by molar-refractivity contribution is 0.520. The van der Waals surface area contributed by atoms with Crippen molar-refractivity contribution < 1.29 is 0 Å². The average Bonchev–Trinajstić information content (AvgIpc) is 3.22. The number of halogens is 1. The Hall–Kier alpha value is -3.87. The second-order valence-corrected chi connectivity index (χ2v) is 8.56. The first-order chi connectivity index (χ1) is 18.0. The number of nitrogens with one attached hydrogen (secondary N) is 3. The van der Waals surface area contributed by atoms with Gasteiger partial charge in [-0.1, -0.05) is 24.1 Å². The van der Waals surface area contributed by atoms with E-state index >= 15 is 0 Å². The number of pyridine rings is 1. The highest BCUT2D eigenvalue weighted by molar-refractivity contribution is 6.30. The van der Waals surface area contributed by atoms with Crippen LogP contribution < -0.4 is 21.5 Å². The molecule has 4 aromatic rings. The van der Waals surface area contributed by atoms with Gasteiger partial charge < -0.3 is 16.0 Å². The summed E-state index contributed by atoms with van der Waals surface area (Å²) in [5.41, 5.74) is 1.12. The monoisotopic (exact) mass is 520 g/mol. The van der Waals surface area contributed by atoms with Crippen molar-refractivity contribution in [2.24, 2.45) is 0 Å². The van der Waals surface area contributed by atoms with E-state index in [9.17, 15) is 4.79 Å². The highest BCUT2D eigenvalue weighted by Crippen LogP contribution is 2.20. The number of anilines is 3. The highest BCUT2D eigenvalue weighted by atomic mass is 35.5. The Bertz CT molecular complexity index is 1370. The predicted molar refractivity (Wildman–Crippen MR) is 152 cm³/mol. The number of aromatic nitrogens is 5. The van der Waals surface area contributed by atoms with E-state index in [-0.39, 0.29) is 5.56 Å². The molecule has 1 aromatic carbocycles. The molecule has 1 aliphatic heterocycles. The Morgan fingerprint density at radius 2 is 1.81 bits per heavy atom. The van der Waals surface area contributed by atoms with Crippen molar-refractivity contribution in [1.82, 2.24) is 29.6 Å². The Labute approximate surface area is 222 Å². The molecular formula is C27H33ClN8O. The maximum atomic E-state index is 12.8. The van der Waals surface area contributed by atoms with Crippen molar-refractivity contribution in [3.05, 3.63) is 64.0 Å². The SMILES string of the molecule is C#CC.C1CCNCC1.CCn1c(=O)c2cnc(Nc3ccc(Cl)cc3)nc2n1-c1cccc(NC)n1. The summed E-state index contributed by atoms with van der Waals surface area (Å²) in [5, 5.41) is 10.5. The number of benzene rings is 1. The third-order valence-corrected chi connectivity index (χ3v) is 5.74. The zero-order valence-electron chi connectivity index (χ0n) is 21.5. The van der Waals surface area contributed by atoms with Crippen LogP contribution in [0, 0.1) is 12.3 Å². The third-order valence-electron chi connectivity index (χ3n) is 5.49. The van der Waals surface area contributed by atoms with Crippen LogP contribution in [-0.4, -0.2) is 44.5 Å². The van der Waals surface area contributed by atoms with Crippen LogP contribution in [0.4, 0.5) is 17.5 Å². The first-order valence-electron chi connectivity index (χ1n) is 12.3. The van der Waals surface area contributed by atoms with Gasteiger partial charge in [-0.15, -0.1) is 12.3 Å². The van der Waals surface area contributed by atoms with Gasteiger partial charge in [0.15, 0.2) is 11.5 Å². The molecule has 1 fully saturated rings. The fraction of sp³-hybridized carbons (Fsp3) is 0.333. The molecule has 0 unspecified atom stereocenters. The van der Waals surface area contributed by atoms with E-state index in [0.29, 0.717) is 40.2 Å². The van der Waals surface area contributed by atoms with E-state index in [0.717, 1.165) is 5.69 Å². The maximum absolute atomic E-state index is 12.8. The van der Waals surface area contributed by atoms with Crippen LogP contribution in [0.15, 0.2) is 53.5 Å². The zero-order chi connectivity index (χ0) is 26.6. The summed E-state index contributed by atoms with van der Waals surface area (Å²) in [6.45, 7) is 6.53. The molecule has 0 atom stereocenters. The number of terminal acetylenes is 1. The van der Waals surface area contributed by atoms with Gasteiger partial charge >= 0.3 is 0 Å². The molecule has 37 heavy (non-hydrogen) atoms. The van der Waals surface area contributed by atoms with Crippen LogP contribution >= 0.6 is 11.6 Å². The number of piperidine rings is 1. The highest BCUT2D eigenvalue weighted by Gasteiger charge is 2.17. The van der Waals surface area contributed by atoms with Crippen molar-refractivity contribution in [3.8, 4) is 18.2 Å². The summed E-state index contributed by atoms with van der Waals surface area (Å²) in [4.78, 5) is 26.2. The molecule has 1 saturated heterocycles. The number of fused-ring (bicyclic) bond motifs is 1. The van der Waals surface area contributed by atoms with Gasteiger partial charge in [0.1, 0.15) is 11.2 Å². The second-order valence-electron chi connectivity index (χ2n) is 8.13. The number of rotatable bonds is 5. The zero-order valence-corrected chi connectivity index (χ0v) is 22.2. The molecule has 194 valence electrons. The molecule has 3 aromatic heterocycles. The van der Waals surface area contributed by atoms with E-state index in [1.54, 1.807) is 35.5 Å². The number of nitrogens with zero attached hydrogens (tertiary/aromatic N) is 5. The van der Waals surface area contributed by atoms with Gasteiger partial charge in [0, 0.05) is 30.5 Å². The van der Waals surface area contributed by atoms with Gasteiger partial charge in [-0.2, -0.15) is 4.98 Å². The smallest absolute Gasteiger partial charge is 0.278 e. The van der Waals surface area contributed by atoms with Gasteiger partial charge in [-0.25, -0.2) is 19.3 Å². The summed E-state index contributed by atoms with van der Waals surface area (Å²) in [6.07, 6.45) is 10.3. The van der Waals surface area contributed by atoms with E-state index in [1.807, 2.05) is 37.3 Å². The molecule has 10 heteroatoms. The van der Waals surface area contributed by atoms with Crippen LogP contribution in [0.25, 0.3) is 16.9 Å². The van der Waals surface area contributed by atoms with E-state index in [4.69, 9.17) is 11.6 Å². The largest absolute Gasteiger partial charge is 0.373 e. The molecule has 4 heterocycles. The molecule has 3 N–H and O–H groups in total. The topological polar surface area (TPSA) is 102 Å². The second kappa shape index (κ2) is 14.0. The van der Waals surface area contributed by atoms with Gasteiger partial charge in [0.25, 0.3) is 5.56 Å². The fourth-order valence-electron chi connectivity index (χ4n) is 3.75. The minimum atomic E-state index is -0.160. The Kier molecular flexibility index (Phi) is 10.5. The lowest BCUT2D eigenvalue weighted by atomic mass is 10.2. The molecule has 9 nitrogen and oxygen atoms in total. The summed E-state index contributed by atoms with van der Waals surface area (Å²) < 4.78 is 3.31. The van der Waals surface area contributed by atoms with Gasteiger partial charge in [-0.3, -0.25) is 4.79 Å². The molecule has 0 bridgehead atoms. The number of hydrogen-bond donors (Lipinski definition) is 3. The number of hydrogen-bond acceptors (Lipinski definition) is 7. The van der Waals surface area contributed by atoms with Crippen molar-refractivity contribution in [2.45, 2.75) is 39.7 Å². The van der Waals surface area contributed by atoms with Crippen LogP contribution in [0.3, 0.4) is 0 Å². The third kappa shape index (κ3) is 7.32. The summed E-state index contributed by atoms with van der Waals surface area (Å²) >= 11 is 5.93. The van der Waals surface area contributed by atoms with E-state index in [2.05, 4.69) is 43.2 Å². The quantitative estimate of drug-likeness (QED) is 0.324. The standard InChI is InChI=1S/C19H18ClN7O.C5H11N.C3H4/c1-3-26-18(28)14-11-22-19(23-13-9-7-12(20)8-10-13)25-17(14)27(26)16-6-4-5-15(21-2)24-16;1-2-4-6-5-3-1;1-3-2/h4-11H,3H2,1-2H3,(H,21,24)(H,22,23,25);6H,1-5H2;1H,2H3. The van der Waals surface area contributed by atoms with Crippen LogP contribution in [0.5, 0.6) is 0 Å². The lowest BCUT2D eigenvalue weighted by Gasteiger charge is -2.11. The Morgan fingerprint density at radius 1 is 1.11 bits per heavy atom. The van der Waals surface area contributed by atoms with Gasteiger partial charge in [0.05, 0.1) is 0 Å². The Morgan fingerprint density at radius 3 is 2.38 bits per heavy atom. The molecule has 5 rings (SSSR count). The van der Waals surface area contributed by atoms with Crippen LogP contribution in [0.2, 0.25) is 5.02 Å². The first kappa shape index (κ1) is 27.7. The van der Waals surface area contributed by atoms with Crippen molar-refractivity contribution in [3.63, 3.8) is 0 Å². The molecular weight excluding hydrogens is 488 g/mol. The normalized spacial score (nSPS) is 12.4. The minimum Gasteiger partial charge on any atom is -0.373 e. The minimum absolute atomic E-state index is 0.160. The molecule has 0 aliphatic carbocycles. The molecule has 0 spiro atoms. The van der Waals surface area contributed by atoms with Crippen LogP contribution in [0.1, 0.15) is 33.1 Å². The molecule has 1 aliphatic rings. The summed E-state index contributed by atoms with van der Waals surface area (Å²) in [7, 11) is 1.79. The van der Waals surface area contributed by atoms with Crippen molar-refractivity contribution in [2.75, 3.05) is 30.8 Å². The van der Waals surface area contributed by atoms with Crippen molar-refractivity contribution >= 4 is 40.1 Å². The predicted octanol–water partition coefficient (Wildman–Crippen LogP) is 4.84. The first-order valence-corrected chi connectivity index (χ1v) is 12.6. The average molecular weight is 521 g/mol. The van der Waals surface area contributed by atoms with E-state index < -0.39 is 0 Å².